The van der Waals surface area contributed by atoms with Gasteiger partial charge in [0, 0.05) is 12.2 Å². The lowest BCUT2D eigenvalue weighted by Crippen LogP contribution is -2.31. The molecule has 15 heavy (non-hydrogen) atoms. The molecule has 0 amide bonds. The van der Waals surface area contributed by atoms with E-state index in [1.807, 2.05) is 12.1 Å². The standard InChI is InChI=1S/C12H19N3/c13-11(9-4-1-2-5-9)8-10-6-3-7-15-12(10)14/h3,6-7,9,11H,1-2,4-5,8,13H2,(H2,14,15). The van der Waals surface area contributed by atoms with Crippen molar-refractivity contribution in [3.8, 4) is 0 Å². The molecule has 1 heterocycles. The van der Waals surface area contributed by atoms with Gasteiger partial charge in [-0.2, -0.15) is 0 Å². The summed E-state index contributed by atoms with van der Waals surface area (Å²) in [6, 6.07) is 4.20. The average Bonchev–Trinajstić information content (AvgIpc) is 2.74. The Hall–Kier alpha value is -1.09. The molecule has 3 nitrogen and oxygen atoms in total. The largest absolute Gasteiger partial charge is 0.383 e. The maximum absolute atomic E-state index is 6.20. The molecule has 0 bridgehead atoms. The van der Waals surface area contributed by atoms with Gasteiger partial charge in [-0.25, -0.2) is 4.98 Å². The van der Waals surface area contributed by atoms with E-state index in [0.717, 1.165) is 12.0 Å². The first kappa shape index (κ1) is 10.4. The van der Waals surface area contributed by atoms with Crippen molar-refractivity contribution in [1.82, 2.24) is 4.98 Å². The van der Waals surface area contributed by atoms with Crippen molar-refractivity contribution in [2.45, 2.75) is 38.1 Å². The van der Waals surface area contributed by atoms with Gasteiger partial charge in [-0.05, 0) is 36.8 Å². The van der Waals surface area contributed by atoms with Gasteiger partial charge in [-0.1, -0.05) is 18.9 Å². The van der Waals surface area contributed by atoms with E-state index < -0.39 is 0 Å². The van der Waals surface area contributed by atoms with Gasteiger partial charge in [-0.15, -0.1) is 0 Å². The Morgan fingerprint density at radius 3 is 2.80 bits per heavy atom. The summed E-state index contributed by atoms with van der Waals surface area (Å²) in [5.74, 6) is 1.32. The zero-order valence-electron chi connectivity index (χ0n) is 9.02. The molecular weight excluding hydrogens is 186 g/mol. The number of rotatable bonds is 3. The summed E-state index contributed by atoms with van der Waals surface area (Å²) in [4.78, 5) is 4.08. The second kappa shape index (κ2) is 4.62. The van der Waals surface area contributed by atoms with Gasteiger partial charge in [0.25, 0.3) is 0 Å². The molecule has 1 saturated carbocycles. The molecule has 4 N–H and O–H groups in total. The molecule has 2 rings (SSSR count). The first-order valence-corrected chi connectivity index (χ1v) is 5.72. The Balaban J connectivity index is 1.99. The molecule has 1 fully saturated rings. The van der Waals surface area contributed by atoms with Crippen LogP contribution in [0.15, 0.2) is 18.3 Å². The van der Waals surface area contributed by atoms with E-state index in [1.165, 1.54) is 25.7 Å². The Morgan fingerprint density at radius 2 is 2.13 bits per heavy atom. The third kappa shape index (κ3) is 2.48. The number of hydrogen-bond acceptors (Lipinski definition) is 3. The smallest absolute Gasteiger partial charge is 0.126 e. The van der Waals surface area contributed by atoms with E-state index in [2.05, 4.69) is 4.98 Å². The normalized spacial score (nSPS) is 19.3. The summed E-state index contributed by atoms with van der Waals surface area (Å²) in [5.41, 5.74) is 13.1. The van der Waals surface area contributed by atoms with Crippen molar-refractivity contribution in [3.63, 3.8) is 0 Å². The minimum atomic E-state index is 0.249. The molecule has 0 radical (unpaired) electrons. The van der Waals surface area contributed by atoms with Crippen LogP contribution < -0.4 is 11.5 Å². The average molecular weight is 205 g/mol. The van der Waals surface area contributed by atoms with Crippen molar-refractivity contribution in [1.29, 1.82) is 0 Å². The Kier molecular flexibility index (Phi) is 3.21. The first-order valence-electron chi connectivity index (χ1n) is 5.72. The second-order valence-electron chi connectivity index (χ2n) is 4.46. The van der Waals surface area contributed by atoms with Gasteiger partial charge in [0.15, 0.2) is 0 Å². The van der Waals surface area contributed by atoms with Crippen LogP contribution in [-0.4, -0.2) is 11.0 Å². The van der Waals surface area contributed by atoms with Gasteiger partial charge in [0.05, 0.1) is 0 Å². The molecule has 1 atom stereocenters. The first-order chi connectivity index (χ1) is 7.27. The van der Waals surface area contributed by atoms with Crippen LogP contribution in [0.1, 0.15) is 31.2 Å². The number of hydrogen-bond donors (Lipinski definition) is 2. The molecule has 0 spiro atoms. The summed E-state index contributed by atoms with van der Waals surface area (Å²) in [7, 11) is 0. The van der Waals surface area contributed by atoms with E-state index in [4.69, 9.17) is 11.5 Å². The molecule has 1 aromatic heterocycles. The topological polar surface area (TPSA) is 64.9 Å². The van der Waals surface area contributed by atoms with Gasteiger partial charge in [-0.3, -0.25) is 0 Å². The molecule has 1 aliphatic carbocycles. The number of pyridine rings is 1. The maximum Gasteiger partial charge on any atom is 0.126 e. The van der Waals surface area contributed by atoms with Gasteiger partial charge < -0.3 is 11.5 Å². The lowest BCUT2D eigenvalue weighted by Gasteiger charge is -2.19. The van der Waals surface area contributed by atoms with Crippen molar-refractivity contribution in [3.05, 3.63) is 23.9 Å². The van der Waals surface area contributed by atoms with Crippen LogP contribution in [0.4, 0.5) is 5.82 Å². The van der Waals surface area contributed by atoms with Crippen molar-refractivity contribution < 1.29 is 0 Å². The molecule has 3 heteroatoms. The van der Waals surface area contributed by atoms with Gasteiger partial charge in [0.1, 0.15) is 5.82 Å². The minimum Gasteiger partial charge on any atom is -0.383 e. The number of anilines is 1. The third-order valence-electron chi connectivity index (χ3n) is 3.39. The zero-order chi connectivity index (χ0) is 10.7. The van der Waals surface area contributed by atoms with E-state index in [0.29, 0.717) is 11.7 Å². The summed E-state index contributed by atoms with van der Waals surface area (Å²) < 4.78 is 0. The fraction of sp³-hybridized carbons (Fsp3) is 0.583. The number of nitrogens with two attached hydrogens (primary N) is 2. The van der Waals surface area contributed by atoms with Crippen LogP contribution >= 0.6 is 0 Å². The zero-order valence-corrected chi connectivity index (χ0v) is 9.02. The van der Waals surface area contributed by atoms with Crippen LogP contribution in [0.2, 0.25) is 0 Å². The maximum atomic E-state index is 6.20. The highest BCUT2D eigenvalue weighted by Crippen LogP contribution is 2.28. The number of nitrogen functional groups attached to an aromatic ring is 1. The molecular formula is C12H19N3. The third-order valence-corrected chi connectivity index (χ3v) is 3.39. The van der Waals surface area contributed by atoms with Crippen LogP contribution in [0.3, 0.4) is 0 Å². The van der Waals surface area contributed by atoms with Gasteiger partial charge in [0.2, 0.25) is 0 Å². The number of aromatic nitrogens is 1. The van der Waals surface area contributed by atoms with Gasteiger partial charge >= 0.3 is 0 Å². The van der Waals surface area contributed by atoms with Crippen LogP contribution in [0.25, 0.3) is 0 Å². The summed E-state index contributed by atoms with van der Waals surface area (Å²) >= 11 is 0. The predicted octanol–water partition coefficient (Wildman–Crippen LogP) is 1.72. The molecule has 1 aliphatic rings. The Labute approximate surface area is 90.9 Å². The highest BCUT2D eigenvalue weighted by molar-refractivity contribution is 5.38. The van der Waals surface area contributed by atoms with E-state index in [1.54, 1.807) is 6.20 Å². The lowest BCUT2D eigenvalue weighted by molar-refractivity contribution is 0.429. The molecule has 82 valence electrons. The summed E-state index contributed by atoms with van der Waals surface area (Å²) in [6.07, 6.45) is 7.81. The summed E-state index contributed by atoms with van der Waals surface area (Å²) in [6.45, 7) is 0. The molecule has 0 aliphatic heterocycles. The van der Waals surface area contributed by atoms with Crippen LogP contribution in [0.5, 0.6) is 0 Å². The highest BCUT2D eigenvalue weighted by atomic mass is 14.8. The fourth-order valence-electron chi connectivity index (χ4n) is 2.43. The van der Waals surface area contributed by atoms with E-state index in [9.17, 15) is 0 Å². The van der Waals surface area contributed by atoms with Crippen LogP contribution in [-0.2, 0) is 6.42 Å². The minimum absolute atomic E-state index is 0.249. The lowest BCUT2D eigenvalue weighted by atomic mass is 9.93. The van der Waals surface area contributed by atoms with E-state index >= 15 is 0 Å². The Bertz CT molecular complexity index is 318. The monoisotopic (exact) mass is 205 g/mol. The predicted molar refractivity (Wildman–Crippen MR) is 62.3 cm³/mol. The number of nitrogens with zero attached hydrogens (tertiary/aromatic N) is 1. The molecule has 0 saturated heterocycles. The molecule has 1 unspecified atom stereocenters. The van der Waals surface area contributed by atoms with Crippen molar-refractivity contribution in [2.75, 3.05) is 5.73 Å². The SMILES string of the molecule is Nc1ncccc1CC(N)C1CCCC1. The highest BCUT2D eigenvalue weighted by Gasteiger charge is 2.22. The molecule has 0 aromatic carbocycles. The summed E-state index contributed by atoms with van der Waals surface area (Å²) in [5, 5.41) is 0. The second-order valence-corrected chi connectivity index (χ2v) is 4.46. The van der Waals surface area contributed by atoms with E-state index in [-0.39, 0.29) is 6.04 Å². The molecule has 1 aromatic rings. The van der Waals surface area contributed by atoms with Crippen molar-refractivity contribution >= 4 is 5.82 Å². The Morgan fingerprint density at radius 1 is 1.40 bits per heavy atom. The fourth-order valence-corrected chi connectivity index (χ4v) is 2.43. The quantitative estimate of drug-likeness (QED) is 0.789. The van der Waals surface area contributed by atoms with Crippen molar-refractivity contribution in [2.24, 2.45) is 11.7 Å². The van der Waals surface area contributed by atoms with Crippen LogP contribution in [0, 0.1) is 5.92 Å².